The summed E-state index contributed by atoms with van der Waals surface area (Å²) >= 11 is 0.822. The van der Waals surface area contributed by atoms with Gasteiger partial charge in [0.2, 0.25) is 0 Å². The van der Waals surface area contributed by atoms with Gasteiger partial charge in [-0.3, -0.25) is 4.72 Å². The van der Waals surface area contributed by atoms with Crippen LogP contribution in [0.1, 0.15) is 15.2 Å². The molecule has 0 atom stereocenters. The molecule has 2 rings (SSSR count). The molecule has 0 saturated heterocycles. The molecule has 0 aliphatic rings. The Labute approximate surface area is 118 Å². The number of aryl methyl sites for hydroxylation is 1. The minimum Gasteiger partial charge on any atom is -0.477 e. The molecule has 106 valence electrons. The van der Waals surface area contributed by atoms with Crippen molar-refractivity contribution in [3.8, 4) is 0 Å². The molecule has 0 radical (unpaired) electrons. The summed E-state index contributed by atoms with van der Waals surface area (Å²) < 4.78 is 39.6. The summed E-state index contributed by atoms with van der Waals surface area (Å²) in [6.45, 7) is 1.50. The SMILES string of the molecule is Cc1cc(NS(=O)(=O)c2ccsc2C(=O)O)ccc1F. The van der Waals surface area contributed by atoms with Crippen LogP contribution in [0.2, 0.25) is 0 Å². The molecule has 0 saturated carbocycles. The summed E-state index contributed by atoms with van der Waals surface area (Å²) in [5, 5.41) is 10.3. The highest BCUT2D eigenvalue weighted by atomic mass is 32.2. The fourth-order valence-corrected chi connectivity index (χ4v) is 3.89. The first kappa shape index (κ1) is 14.5. The van der Waals surface area contributed by atoms with Gasteiger partial charge in [0, 0.05) is 5.69 Å². The Morgan fingerprint density at radius 1 is 1.35 bits per heavy atom. The third kappa shape index (κ3) is 2.81. The maximum absolute atomic E-state index is 13.1. The van der Waals surface area contributed by atoms with Crippen molar-refractivity contribution in [3.05, 3.63) is 45.9 Å². The fraction of sp³-hybridized carbons (Fsp3) is 0.0833. The quantitative estimate of drug-likeness (QED) is 0.908. The Balaban J connectivity index is 2.38. The van der Waals surface area contributed by atoms with Gasteiger partial charge in [-0.1, -0.05) is 0 Å². The number of aromatic carboxylic acids is 1. The van der Waals surface area contributed by atoms with Crippen molar-refractivity contribution in [1.29, 1.82) is 0 Å². The summed E-state index contributed by atoms with van der Waals surface area (Å²) in [6, 6.07) is 4.96. The van der Waals surface area contributed by atoms with E-state index < -0.39 is 21.8 Å². The lowest BCUT2D eigenvalue weighted by molar-refractivity contribution is 0.0698. The number of hydrogen-bond donors (Lipinski definition) is 2. The zero-order valence-electron chi connectivity index (χ0n) is 10.3. The molecule has 2 N–H and O–H groups in total. The van der Waals surface area contributed by atoms with Crippen molar-refractivity contribution in [2.75, 3.05) is 4.72 Å². The molecule has 2 aromatic rings. The molecule has 0 bridgehead atoms. The topological polar surface area (TPSA) is 83.5 Å². The molecular weight excluding hydrogens is 305 g/mol. The van der Waals surface area contributed by atoms with E-state index in [1.54, 1.807) is 0 Å². The lowest BCUT2D eigenvalue weighted by Crippen LogP contribution is -2.15. The summed E-state index contributed by atoms with van der Waals surface area (Å²) in [5.41, 5.74) is 0.459. The van der Waals surface area contributed by atoms with Crippen molar-refractivity contribution in [2.24, 2.45) is 0 Å². The third-order valence-corrected chi connectivity index (χ3v) is 4.98. The van der Waals surface area contributed by atoms with Crippen molar-refractivity contribution in [2.45, 2.75) is 11.8 Å². The summed E-state index contributed by atoms with van der Waals surface area (Å²) in [6.07, 6.45) is 0. The number of thiophene rings is 1. The second-order valence-corrected chi connectivity index (χ2v) is 6.56. The van der Waals surface area contributed by atoms with Crippen LogP contribution in [0, 0.1) is 12.7 Å². The smallest absolute Gasteiger partial charge is 0.347 e. The molecule has 8 heteroatoms. The van der Waals surface area contributed by atoms with E-state index in [9.17, 15) is 17.6 Å². The number of carbonyl (C=O) groups is 1. The number of halogens is 1. The van der Waals surface area contributed by atoms with Crippen LogP contribution in [-0.4, -0.2) is 19.5 Å². The number of carboxylic acids is 1. The zero-order valence-corrected chi connectivity index (χ0v) is 11.9. The van der Waals surface area contributed by atoms with E-state index in [0.29, 0.717) is 0 Å². The summed E-state index contributed by atoms with van der Waals surface area (Å²) in [5.74, 6) is -1.76. The number of rotatable bonds is 4. The monoisotopic (exact) mass is 315 g/mol. The van der Waals surface area contributed by atoms with Crippen molar-refractivity contribution < 1.29 is 22.7 Å². The van der Waals surface area contributed by atoms with Gasteiger partial charge < -0.3 is 5.11 Å². The Kier molecular flexibility index (Phi) is 3.78. The first-order chi connectivity index (χ1) is 9.31. The van der Waals surface area contributed by atoms with Gasteiger partial charge in [-0.2, -0.15) is 0 Å². The fourth-order valence-electron chi connectivity index (χ4n) is 1.58. The van der Waals surface area contributed by atoms with E-state index in [1.807, 2.05) is 0 Å². The molecule has 1 heterocycles. The van der Waals surface area contributed by atoms with Crippen molar-refractivity contribution in [1.82, 2.24) is 0 Å². The lowest BCUT2D eigenvalue weighted by Gasteiger charge is -2.08. The molecule has 0 unspecified atom stereocenters. The minimum atomic E-state index is -4.02. The largest absolute Gasteiger partial charge is 0.477 e. The minimum absolute atomic E-state index is 0.173. The van der Waals surface area contributed by atoms with Crippen molar-refractivity contribution >= 4 is 33.0 Å². The molecule has 0 aliphatic heterocycles. The average Bonchev–Trinajstić information content (AvgIpc) is 2.83. The first-order valence-corrected chi connectivity index (χ1v) is 7.77. The van der Waals surface area contributed by atoms with Crippen LogP contribution in [0.4, 0.5) is 10.1 Å². The van der Waals surface area contributed by atoms with Crippen LogP contribution >= 0.6 is 11.3 Å². The number of anilines is 1. The second-order valence-electron chi connectivity index (χ2n) is 3.99. The number of nitrogens with one attached hydrogen (secondary N) is 1. The van der Waals surface area contributed by atoms with Gasteiger partial charge in [-0.05, 0) is 42.1 Å². The van der Waals surface area contributed by atoms with E-state index in [2.05, 4.69) is 4.72 Å². The average molecular weight is 315 g/mol. The number of benzene rings is 1. The second kappa shape index (κ2) is 5.22. The zero-order chi connectivity index (χ0) is 14.9. The maximum atomic E-state index is 13.1. The van der Waals surface area contributed by atoms with Crippen LogP contribution in [0.5, 0.6) is 0 Å². The van der Waals surface area contributed by atoms with Crippen LogP contribution in [0.3, 0.4) is 0 Å². The van der Waals surface area contributed by atoms with Crippen LogP contribution in [0.25, 0.3) is 0 Å². The van der Waals surface area contributed by atoms with Gasteiger partial charge in [0.15, 0.2) is 0 Å². The molecule has 0 amide bonds. The molecule has 5 nitrogen and oxygen atoms in total. The highest BCUT2D eigenvalue weighted by molar-refractivity contribution is 7.93. The van der Waals surface area contributed by atoms with E-state index in [-0.39, 0.29) is 21.0 Å². The number of carboxylic acid groups (broad SMARTS) is 1. The molecule has 0 spiro atoms. The van der Waals surface area contributed by atoms with Crippen molar-refractivity contribution in [3.63, 3.8) is 0 Å². The van der Waals surface area contributed by atoms with Gasteiger partial charge in [0.05, 0.1) is 0 Å². The van der Waals surface area contributed by atoms with Gasteiger partial charge in [-0.25, -0.2) is 17.6 Å². The Morgan fingerprint density at radius 2 is 2.05 bits per heavy atom. The number of hydrogen-bond acceptors (Lipinski definition) is 4. The molecule has 20 heavy (non-hydrogen) atoms. The Hall–Kier alpha value is -1.93. The lowest BCUT2D eigenvalue weighted by atomic mass is 10.2. The van der Waals surface area contributed by atoms with Gasteiger partial charge in [0.1, 0.15) is 15.6 Å². The highest BCUT2D eigenvalue weighted by Crippen LogP contribution is 2.25. The van der Waals surface area contributed by atoms with E-state index in [1.165, 1.54) is 30.5 Å². The Bertz CT molecular complexity index is 768. The van der Waals surface area contributed by atoms with E-state index >= 15 is 0 Å². The summed E-state index contributed by atoms with van der Waals surface area (Å²) in [7, 11) is -4.02. The molecule has 0 fully saturated rings. The summed E-state index contributed by atoms with van der Waals surface area (Å²) in [4.78, 5) is 10.4. The molecule has 0 aliphatic carbocycles. The normalized spacial score (nSPS) is 11.3. The first-order valence-electron chi connectivity index (χ1n) is 5.41. The van der Waals surface area contributed by atoms with Crippen LogP contribution < -0.4 is 4.72 Å². The third-order valence-electron chi connectivity index (χ3n) is 2.52. The van der Waals surface area contributed by atoms with Crippen LogP contribution in [-0.2, 0) is 10.0 Å². The number of sulfonamides is 1. The van der Waals surface area contributed by atoms with Gasteiger partial charge in [0.25, 0.3) is 10.0 Å². The molecule has 1 aromatic heterocycles. The standard InChI is InChI=1S/C12H10FNO4S2/c1-7-6-8(2-3-9(7)13)14-20(17,18)10-4-5-19-11(10)12(15)16/h2-6,14H,1H3,(H,15,16). The van der Waals surface area contributed by atoms with E-state index in [0.717, 1.165) is 17.4 Å². The Morgan fingerprint density at radius 3 is 2.65 bits per heavy atom. The predicted octanol–water partition coefficient (Wildman–Crippen LogP) is 2.69. The highest BCUT2D eigenvalue weighted by Gasteiger charge is 2.23. The predicted molar refractivity (Wildman–Crippen MR) is 73.2 cm³/mol. The molecule has 1 aromatic carbocycles. The molecular formula is C12H10FNO4S2. The van der Waals surface area contributed by atoms with Gasteiger partial charge >= 0.3 is 5.97 Å². The van der Waals surface area contributed by atoms with Gasteiger partial charge in [-0.15, -0.1) is 11.3 Å². The van der Waals surface area contributed by atoms with E-state index in [4.69, 9.17) is 5.11 Å². The maximum Gasteiger partial charge on any atom is 0.347 e. The van der Waals surface area contributed by atoms with Crippen LogP contribution in [0.15, 0.2) is 34.5 Å².